The second-order valence-corrected chi connectivity index (χ2v) is 7.21. The van der Waals surface area contributed by atoms with Crippen LogP contribution in [0.3, 0.4) is 0 Å². The number of unbranched alkanes of at least 4 members (excludes halogenated alkanes) is 1. The molecular formula is C21H31N5O. The molecule has 1 fully saturated rings. The fraction of sp³-hybridized carbons (Fsp3) is 0.524. The predicted octanol–water partition coefficient (Wildman–Crippen LogP) is 4.24. The van der Waals surface area contributed by atoms with Crippen LogP contribution in [0, 0.1) is 0 Å². The minimum atomic E-state index is -0.235. The van der Waals surface area contributed by atoms with Gasteiger partial charge >= 0.3 is 6.03 Å². The maximum atomic E-state index is 12.0. The molecule has 0 unspecified atom stereocenters. The number of rotatable bonds is 7. The van der Waals surface area contributed by atoms with E-state index < -0.39 is 0 Å². The molecular weight excluding hydrogens is 338 g/mol. The standard InChI is InChI=1S/C21H31N5O/c1-3-5-11-22-21(27)25-19-8-7-18-20(24-19)17(15-23-18)16-9-13-26(14-10-16)12-6-4-2/h3,5,7-8,15-16,23H,4,6,9-14H2,1-2H3,(H2,22,24,25,27). The lowest BCUT2D eigenvalue weighted by Gasteiger charge is -2.31. The minimum absolute atomic E-state index is 0.235. The van der Waals surface area contributed by atoms with Gasteiger partial charge in [-0.1, -0.05) is 25.5 Å². The van der Waals surface area contributed by atoms with Gasteiger partial charge in [0, 0.05) is 12.7 Å². The molecule has 2 amide bonds. The highest BCUT2D eigenvalue weighted by molar-refractivity contribution is 5.90. The van der Waals surface area contributed by atoms with Crippen LogP contribution in [-0.4, -0.2) is 47.1 Å². The van der Waals surface area contributed by atoms with E-state index in [9.17, 15) is 4.79 Å². The number of aromatic nitrogens is 2. The van der Waals surface area contributed by atoms with Crippen molar-refractivity contribution in [1.29, 1.82) is 0 Å². The summed E-state index contributed by atoms with van der Waals surface area (Å²) in [6.07, 6.45) is 10.8. The van der Waals surface area contributed by atoms with Gasteiger partial charge in [0.05, 0.1) is 11.0 Å². The van der Waals surface area contributed by atoms with Gasteiger partial charge < -0.3 is 15.2 Å². The zero-order valence-corrected chi connectivity index (χ0v) is 16.4. The normalized spacial score (nSPS) is 16.2. The molecule has 0 atom stereocenters. The van der Waals surface area contributed by atoms with Gasteiger partial charge in [0.15, 0.2) is 0 Å². The number of nitrogens with zero attached hydrogens (tertiary/aromatic N) is 2. The van der Waals surface area contributed by atoms with Crippen LogP contribution >= 0.6 is 0 Å². The molecule has 2 aromatic heterocycles. The Balaban J connectivity index is 1.66. The van der Waals surface area contributed by atoms with Crippen LogP contribution in [0.25, 0.3) is 11.0 Å². The van der Waals surface area contributed by atoms with Crippen molar-refractivity contribution in [2.45, 2.75) is 45.4 Å². The molecule has 3 rings (SSSR count). The summed E-state index contributed by atoms with van der Waals surface area (Å²) in [6, 6.07) is 3.59. The first-order chi connectivity index (χ1) is 13.2. The molecule has 0 aromatic carbocycles. The minimum Gasteiger partial charge on any atom is -0.360 e. The number of urea groups is 1. The SMILES string of the molecule is CC=CCNC(=O)Nc1ccc2[nH]cc(C3CCN(CCCC)CC3)c2n1. The zero-order chi connectivity index (χ0) is 19.1. The number of anilines is 1. The molecule has 1 aliphatic rings. The summed E-state index contributed by atoms with van der Waals surface area (Å²) in [5, 5.41) is 5.61. The smallest absolute Gasteiger partial charge is 0.320 e. The molecule has 3 N–H and O–H groups in total. The largest absolute Gasteiger partial charge is 0.360 e. The Kier molecular flexibility index (Phi) is 6.87. The second-order valence-electron chi connectivity index (χ2n) is 7.21. The average molecular weight is 370 g/mol. The highest BCUT2D eigenvalue weighted by Gasteiger charge is 2.23. The van der Waals surface area contributed by atoms with Crippen LogP contribution in [0.5, 0.6) is 0 Å². The van der Waals surface area contributed by atoms with Gasteiger partial charge in [-0.2, -0.15) is 0 Å². The monoisotopic (exact) mass is 369 g/mol. The molecule has 146 valence electrons. The van der Waals surface area contributed by atoms with Crippen LogP contribution in [0.15, 0.2) is 30.5 Å². The lowest BCUT2D eigenvalue weighted by molar-refractivity contribution is 0.210. The third kappa shape index (κ3) is 5.10. The lowest BCUT2D eigenvalue weighted by Crippen LogP contribution is -2.33. The van der Waals surface area contributed by atoms with E-state index in [1.54, 1.807) is 0 Å². The first-order valence-corrected chi connectivity index (χ1v) is 10.1. The number of carbonyl (C=O) groups is 1. The van der Waals surface area contributed by atoms with Crippen LogP contribution < -0.4 is 10.6 Å². The second kappa shape index (κ2) is 9.55. The van der Waals surface area contributed by atoms with E-state index in [2.05, 4.69) is 33.6 Å². The molecule has 0 bridgehead atoms. The number of likely N-dealkylation sites (tertiary alicyclic amines) is 1. The molecule has 0 aliphatic carbocycles. The number of hydrogen-bond donors (Lipinski definition) is 3. The fourth-order valence-electron chi connectivity index (χ4n) is 3.68. The van der Waals surface area contributed by atoms with Gasteiger partial charge in [0.25, 0.3) is 0 Å². The van der Waals surface area contributed by atoms with Crippen molar-refractivity contribution in [3.8, 4) is 0 Å². The number of hydrogen-bond acceptors (Lipinski definition) is 3. The molecule has 0 saturated carbocycles. The molecule has 1 saturated heterocycles. The number of aromatic amines is 1. The van der Waals surface area contributed by atoms with Gasteiger partial charge in [0.2, 0.25) is 0 Å². The van der Waals surface area contributed by atoms with Gasteiger partial charge in [0.1, 0.15) is 5.82 Å². The number of nitrogens with one attached hydrogen (secondary N) is 3. The van der Waals surface area contributed by atoms with Crippen LogP contribution in [0.2, 0.25) is 0 Å². The molecule has 1 aliphatic heterocycles. The maximum absolute atomic E-state index is 12.0. The summed E-state index contributed by atoms with van der Waals surface area (Å²) in [4.78, 5) is 22.6. The van der Waals surface area contributed by atoms with E-state index in [1.807, 2.05) is 31.2 Å². The molecule has 0 radical (unpaired) electrons. The highest BCUT2D eigenvalue weighted by atomic mass is 16.2. The zero-order valence-electron chi connectivity index (χ0n) is 16.4. The van der Waals surface area contributed by atoms with Crippen LogP contribution in [0.4, 0.5) is 10.6 Å². The summed E-state index contributed by atoms with van der Waals surface area (Å²) in [7, 11) is 0. The molecule has 3 heterocycles. The first-order valence-electron chi connectivity index (χ1n) is 10.1. The van der Waals surface area contributed by atoms with Crippen LogP contribution in [-0.2, 0) is 0 Å². The summed E-state index contributed by atoms with van der Waals surface area (Å²) >= 11 is 0. The average Bonchev–Trinajstić information content (AvgIpc) is 3.10. The van der Waals surface area contributed by atoms with Crippen LogP contribution in [0.1, 0.15) is 51.0 Å². The molecule has 6 heteroatoms. The van der Waals surface area contributed by atoms with Gasteiger partial charge in [-0.25, -0.2) is 9.78 Å². The number of carbonyl (C=O) groups excluding carboxylic acids is 1. The Hall–Kier alpha value is -2.34. The van der Waals surface area contributed by atoms with E-state index in [0.29, 0.717) is 18.3 Å². The number of amides is 2. The van der Waals surface area contributed by atoms with E-state index in [4.69, 9.17) is 4.98 Å². The Labute approximate surface area is 161 Å². The summed E-state index contributed by atoms with van der Waals surface area (Å²) in [5.41, 5.74) is 3.28. The lowest BCUT2D eigenvalue weighted by atomic mass is 9.90. The quantitative estimate of drug-likeness (QED) is 0.639. The van der Waals surface area contributed by atoms with Crippen molar-refractivity contribution >= 4 is 22.9 Å². The van der Waals surface area contributed by atoms with Gasteiger partial charge in [-0.3, -0.25) is 5.32 Å². The van der Waals surface area contributed by atoms with E-state index in [1.165, 1.54) is 37.8 Å². The topological polar surface area (TPSA) is 73.1 Å². The van der Waals surface area contributed by atoms with Gasteiger partial charge in [-0.05, 0) is 69.4 Å². The number of fused-ring (bicyclic) bond motifs is 1. The third-order valence-corrected chi connectivity index (χ3v) is 5.26. The number of pyridine rings is 1. The Bertz CT molecular complexity index is 774. The Morgan fingerprint density at radius 1 is 1.37 bits per heavy atom. The molecule has 27 heavy (non-hydrogen) atoms. The summed E-state index contributed by atoms with van der Waals surface area (Å²) in [6.45, 7) is 8.21. The van der Waals surface area contributed by atoms with Crippen molar-refractivity contribution in [2.24, 2.45) is 0 Å². The molecule has 6 nitrogen and oxygen atoms in total. The van der Waals surface area contributed by atoms with Gasteiger partial charge in [-0.15, -0.1) is 0 Å². The molecule has 0 spiro atoms. The predicted molar refractivity (Wildman–Crippen MR) is 111 cm³/mol. The third-order valence-electron chi connectivity index (χ3n) is 5.26. The summed E-state index contributed by atoms with van der Waals surface area (Å²) in [5.74, 6) is 1.12. The number of H-pyrrole nitrogens is 1. The van der Waals surface area contributed by atoms with Crippen molar-refractivity contribution in [2.75, 3.05) is 31.5 Å². The number of allylic oxidation sites excluding steroid dienone is 1. The van der Waals surface area contributed by atoms with Crippen molar-refractivity contribution in [3.05, 3.63) is 36.0 Å². The summed E-state index contributed by atoms with van der Waals surface area (Å²) < 4.78 is 0. The van der Waals surface area contributed by atoms with E-state index in [-0.39, 0.29) is 6.03 Å². The van der Waals surface area contributed by atoms with Crippen molar-refractivity contribution in [1.82, 2.24) is 20.2 Å². The molecule has 2 aromatic rings. The Morgan fingerprint density at radius 3 is 2.93 bits per heavy atom. The van der Waals surface area contributed by atoms with E-state index >= 15 is 0 Å². The van der Waals surface area contributed by atoms with Crippen molar-refractivity contribution < 1.29 is 4.79 Å². The highest BCUT2D eigenvalue weighted by Crippen LogP contribution is 2.32. The first kappa shape index (κ1) is 19.4. The Morgan fingerprint density at radius 2 is 2.19 bits per heavy atom. The number of piperidine rings is 1. The maximum Gasteiger partial charge on any atom is 0.320 e. The van der Waals surface area contributed by atoms with E-state index in [0.717, 1.165) is 24.1 Å². The fourth-order valence-corrected chi connectivity index (χ4v) is 3.68. The van der Waals surface area contributed by atoms with Crippen molar-refractivity contribution in [3.63, 3.8) is 0 Å².